The molecule has 1 unspecified atom stereocenters. The van der Waals surface area contributed by atoms with E-state index in [4.69, 9.17) is 5.10 Å². The Hall–Kier alpha value is -1.73. The molecule has 1 aromatic heterocycles. The minimum Gasteiger partial charge on any atom is -0.306 e. The summed E-state index contributed by atoms with van der Waals surface area (Å²) in [5, 5.41) is 6.65. The second-order valence-corrected chi connectivity index (χ2v) is 8.68. The highest BCUT2D eigenvalue weighted by molar-refractivity contribution is 14.1. The molecular formula is C22H24IN3O. The average molecular weight is 473 g/mol. The monoisotopic (exact) mass is 473 g/mol. The van der Waals surface area contributed by atoms with Crippen LogP contribution in [-0.4, -0.2) is 34.8 Å². The molecule has 0 aliphatic carbocycles. The number of aromatic nitrogens is 2. The van der Waals surface area contributed by atoms with Gasteiger partial charge in [0, 0.05) is 15.4 Å². The maximum Gasteiger partial charge on any atom is 0.274 e. The number of likely N-dealkylation sites (tertiary alicyclic amines) is 1. The van der Waals surface area contributed by atoms with E-state index in [1.165, 1.54) is 9.13 Å². The molecule has 1 aliphatic rings. The van der Waals surface area contributed by atoms with Crippen LogP contribution in [0.1, 0.15) is 36.6 Å². The molecule has 0 bridgehead atoms. The van der Waals surface area contributed by atoms with Crippen molar-refractivity contribution in [1.82, 2.24) is 14.7 Å². The lowest BCUT2D eigenvalue weighted by atomic mass is 10.0. The predicted molar refractivity (Wildman–Crippen MR) is 118 cm³/mol. The summed E-state index contributed by atoms with van der Waals surface area (Å²) in [5.41, 5.74) is 2.26. The minimum atomic E-state index is 0.0477. The quantitative estimate of drug-likeness (QED) is 0.534. The topological polar surface area (TPSA) is 38.1 Å². The van der Waals surface area contributed by atoms with Gasteiger partial charge in [-0.1, -0.05) is 30.3 Å². The van der Waals surface area contributed by atoms with Crippen molar-refractivity contribution in [3.63, 3.8) is 0 Å². The number of hydrogen-bond acceptors (Lipinski definition) is 3. The average Bonchev–Trinajstić information content (AvgIpc) is 2.90. The molecule has 2 aromatic carbocycles. The fourth-order valence-electron chi connectivity index (χ4n) is 3.91. The first-order valence-electron chi connectivity index (χ1n) is 9.55. The molecule has 0 spiro atoms. The zero-order chi connectivity index (χ0) is 18.8. The third-order valence-electron chi connectivity index (χ3n) is 5.46. The molecule has 0 radical (unpaired) electrons. The number of halogens is 1. The molecule has 1 atom stereocenters. The fraction of sp³-hybridized carbons (Fsp3) is 0.364. The highest BCUT2D eigenvalue weighted by Crippen LogP contribution is 2.23. The Morgan fingerprint density at radius 1 is 1.04 bits per heavy atom. The highest BCUT2D eigenvalue weighted by atomic mass is 127. The Morgan fingerprint density at radius 2 is 1.78 bits per heavy atom. The van der Waals surface area contributed by atoms with Crippen LogP contribution in [-0.2, 0) is 6.42 Å². The number of fused-ring (bicyclic) bond motifs is 1. The number of rotatable bonds is 3. The Kier molecular flexibility index (Phi) is 5.59. The molecule has 27 heavy (non-hydrogen) atoms. The summed E-state index contributed by atoms with van der Waals surface area (Å²) >= 11 is 2.32. The molecule has 0 amide bonds. The van der Waals surface area contributed by atoms with E-state index in [-0.39, 0.29) is 11.6 Å². The predicted octanol–water partition coefficient (Wildman–Crippen LogP) is 4.25. The van der Waals surface area contributed by atoms with Crippen molar-refractivity contribution in [2.75, 3.05) is 20.1 Å². The van der Waals surface area contributed by atoms with Gasteiger partial charge in [0.05, 0.1) is 17.1 Å². The number of hydrogen-bond donors (Lipinski definition) is 0. The third kappa shape index (κ3) is 4.09. The lowest BCUT2D eigenvalue weighted by Gasteiger charge is -2.19. The zero-order valence-corrected chi connectivity index (χ0v) is 17.7. The molecule has 5 heteroatoms. The Balaban J connectivity index is 1.79. The summed E-state index contributed by atoms with van der Waals surface area (Å²) in [6, 6.07) is 16.6. The summed E-state index contributed by atoms with van der Waals surface area (Å²) in [4.78, 5) is 15.5. The summed E-state index contributed by atoms with van der Waals surface area (Å²) < 4.78 is 3.01. The van der Waals surface area contributed by atoms with E-state index in [0.29, 0.717) is 0 Å². The summed E-state index contributed by atoms with van der Waals surface area (Å²) in [6.45, 7) is 2.10. The normalized spacial score (nSPS) is 18.5. The van der Waals surface area contributed by atoms with Crippen molar-refractivity contribution in [3.05, 3.63) is 73.7 Å². The third-order valence-corrected chi connectivity index (χ3v) is 6.18. The molecule has 4 rings (SSSR count). The van der Waals surface area contributed by atoms with Gasteiger partial charge in [-0.3, -0.25) is 4.79 Å². The highest BCUT2D eigenvalue weighted by Gasteiger charge is 2.21. The molecule has 1 saturated heterocycles. The van der Waals surface area contributed by atoms with Gasteiger partial charge in [0.2, 0.25) is 0 Å². The first-order valence-corrected chi connectivity index (χ1v) is 10.6. The largest absolute Gasteiger partial charge is 0.306 e. The molecule has 3 aromatic rings. The van der Waals surface area contributed by atoms with Gasteiger partial charge in [-0.05, 0) is 85.8 Å². The van der Waals surface area contributed by atoms with E-state index in [1.807, 2.05) is 24.3 Å². The van der Waals surface area contributed by atoms with E-state index in [2.05, 4.69) is 58.8 Å². The van der Waals surface area contributed by atoms with Gasteiger partial charge in [0.25, 0.3) is 5.56 Å². The van der Waals surface area contributed by atoms with Gasteiger partial charge < -0.3 is 4.90 Å². The van der Waals surface area contributed by atoms with Crippen molar-refractivity contribution in [2.45, 2.75) is 31.7 Å². The van der Waals surface area contributed by atoms with Crippen LogP contribution in [0.15, 0.2) is 53.3 Å². The van der Waals surface area contributed by atoms with Gasteiger partial charge in [0.15, 0.2) is 0 Å². The second kappa shape index (κ2) is 8.10. The van der Waals surface area contributed by atoms with Crippen molar-refractivity contribution in [2.24, 2.45) is 0 Å². The van der Waals surface area contributed by atoms with Gasteiger partial charge in [-0.2, -0.15) is 5.10 Å². The van der Waals surface area contributed by atoms with Crippen LogP contribution >= 0.6 is 22.6 Å². The SMILES string of the molecule is CN1CCCC(n2nc(Cc3ccc(I)cc3)c3ccccc3c2=O)CC1. The molecule has 0 saturated carbocycles. The van der Waals surface area contributed by atoms with Crippen LogP contribution in [0.4, 0.5) is 0 Å². The zero-order valence-electron chi connectivity index (χ0n) is 15.6. The van der Waals surface area contributed by atoms with Crippen LogP contribution < -0.4 is 5.56 Å². The smallest absolute Gasteiger partial charge is 0.274 e. The number of benzene rings is 2. The van der Waals surface area contributed by atoms with Crippen LogP contribution in [0.5, 0.6) is 0 Å². The molecule has 1 aliphatic heterocycles. The standard InChI is InChI=1S/C22H24IN3O/c1-25-13-4-5-18(12-14-25)26-22(27)20-7-3-2-6-19(20)21(24-26)15-16-8-10-17(23)11-9-16/h2-3,6-11,18H,4-5,12-15H2,1H3. The van der Waals surface area contributed by atoms with Crippen LogP contribution in [0, 0.1) is 3.57 Å². The molecule has 1 fully saturated rings. The van der Waals surface area contributed by atoms with Gasteiger partial charge in [-0.25, -0.2) is 4.68 Å². The molecule has 2 heterocycles. The molecule has 0 N–H and O–H groups in total. The summed E-state index contributed by atoms with van der Waals surface area (Å²) in [5.74, 6) is 0. The van der Waals surface area contributed by atoms with E-state index in [9.17, 15) is 4.79 Å². The van der Waals surface area contributed by atoms with Crippen molar-refractivity contribution in [3.8, 4) is 0 Å². The van der Waals surface area contributed by atoms with Crippen LogP contribution in [0.2, 0.25) is 0 Å². The summed E-state index contributed by atoms with van der Waals surface area (Å²) in [7, 11) is 2.15. The minimum absolute atomic E-state index is 0.0477. The molecule has 4 nitrogen and oxygen atoms in total. The van der Waals surface area contributed by atoms with Gasteiger partial charge >= 0.3 is 0 Å². The van der Waals surface area contributed by atoms with Crippen LogP contribution in [0.3, 0.4) is 0 Å². The lowest BCUT2D eigenvalue weighted by Crippen LogP contribution is -2.29. The lowest BCUT2D eigenvalue weighted by molar-refractivity contribution is 0.334. The van der Waals surface area contributed by atoms with Crippen molar-refractivity contribution < 1.29 is 0 Å². The maximum atomic E-state index is 13.2. The Morgan fingerprint density at radius 3 is 2.56 bits per heavy atom. The van der Waals surface area contributed by atoms with E-state index < -0.39 is 0 Å². The fourth-order valence-corrected chi connectivity index (χ4v) is 4.27. The first kappa shape index (κ1) is 18.6. The van der Waals surface area contributed by atoms with Crippen molar-refractivity contribution in [1.29, 1.82) is 0 Å². The van der Waals surface area contributed by atoms with Crippen LogP contribution in [0.25, 0.3) is 10.8 Å². The molecular weight excluding hydrogens is 449 g/mol. The van der Waals surface area contributed by atoms with E-state index in [1.54, 1.807) is 4.68 Å². The Labute approximate surface area is 173 Å². The van der Waals surface area contributed by atoms with E-state index >= 15 is 0 Å². The maximum absolute atomic E-state index is 13.2. The van der Waals surface area contributed by atoms with E-state index in [0.717, 1.165) is 55.2 Å². The van der Waals surface area contributed by atoms with Crippen molar-refractivity contribution >= 4 is 33.4 Å². The van der Waals surface area contributed by atoms with Gasteiger partial charge in [-0.15, -0.1) is 0 Å². The first-order chi connectivity index (χ1) is 13.1. The summed E-state index contributed by atoms with van der Waals surface area (Å²) in [6.07, 6.45) is 3.84. The molecule has 140 valence electrons. The second-order valence-electron chi connectivity index (χ2n) is 7.43. The van der Waals surface area contributed by atoms with Gasteiger partial charge in [0.1, 0.15) is 0 Å². The Bertz CT molecular complexity index is 997. The number of nitrogens with zero attached hydrogens (tertiary/aromatic N) is 3.